The molecule has 2 aromatic carbocycles. The maximum absolute atomic E-state index is 12.4. The highest BCUT2D eigenvalue weighted by Gasteiger charge is 2.17. The van der Waals surface area contributed by atoms with Gasteiger partial charge in [0.15, 0.2) is 0 Å². The highest BCUT2D eigenvalue weighted by Crippen LogP contribution is 2.30. The van der Waals surface area contributed by atoms with Gasteiger partial charge in [-0.2, -0.15) is 0 Å². The first-order valence-corrected chi connectivity index (χ1v) is 13.1. The van der Waals surface area contributed by atoms with Gasteiger partial charge in [-0.15, -0.1) is 23.1 Å². The SMILES string of the molecule is COCCNS(=O)(=O)c1ccc(-c2ccc(C(=O)NCc3ccc(SC)cc3)cc2)s1. The van der Waals surface area contributed by atoms with E-state index in [1.165, 1.54) is 23.3 Å². The third-order valence-electron chi connectivity index (χ3n) is 4.49. The van der Waals surface area contributed by atoms with E-state index in [1.807, 2.05) is 42.7 Å². The van der Waals surface area contributed by atoms with Gasteiger partial charge in [0.25, 0.3) is 5.91 Å². The van der Waals surface area contributed by atoms with Crippen molar-refractivity contribution in [2.75, 3.05) is 26.5 Å². The van der Waals surface area contributed by atoms with E-state index < -0.39 is 10.0 Å². The summed E-state index contributed by atoms with van der Waals surface area (Å²) in [4.78, 5) is 14.4. The van der Waals surface area contributed by atoms with Crippen molar-refractivity contribution in [3.8, 4) is 10.4 Å². The highest BCUT2D eigenvalue weighted by atomic mass is 32.2. The van der Waals surface area contributed by atoms with Gasteiger partial charge in [-0.1, -0.05) is 24.3 Å². The maximum Gasteiger partial charge on any atom is 0.251 e. The molecular formula is C22H24N2O4S3. The van der Waals surface area contributed by atoms with Crippen molar-refractivity contribution in [1.82, 2.24) is 10.0 Å². The molecule has 0 saturated carbocycles. The number of thiophene rings is 1. The van der Waals surface area contributed by atoms with Crippen LogP contribution in [0.2, 0.25) is 0 Å². The summed E-state index contributed by atoms with van der Waals surface area (Å²) in [6, 6.07) is 18.5. The third-order valence-corrected chi connectivity index (χ3v) is 8.32. The number of methoxy groups -OCH3 is 1. The molecule has 3 aromatic rings. The lowest BCUT2D eigenvalue weighted by atomic mass is 10.1. The summed E-state index contributed by atoms with van der Waals surface area (Å²) in [6.45, 7) is 0.985. The van der Waals surface area contributed by atoms with Gasteiger partial charge in [0.2, 0.25) is 10.0 Å². The van der Waals surface area contributed by atoms with Crippen LogP contribution in [0.25, 0.3) is 10.4 Å². The Morgan fingerprint density at radius 3 is 2.39 bits per heavy atom. The Bertz CT molecular complexity index is 1110. The number of nitrogens with one attached hydrogen (secondary N) is 2. The molecule has 0 radical (unpaired) electrons. The fourth-order valence-corrected chi connectivity index (χ4v) is 5.56. The molecule has 0 atom stereocenters. The van der Waals surface area contributed by atoms with Gasteiger partial charge >= 0.3 is 0 Å². The Kier molecular flexibility index (Phi) is 8.28. The molecule has 0 aliphatic rings. The van der Waals surface area contributed by atoms with Crippen LogP contribution >= 0.6 is 23.1 Å². The van der Waals surface area contributed by atoms with Gasteiger partial charge in [-0.25, -0.2) is 13.1 Å². The summed E-state index contributed by atoms with van der Waals surface area (Å²) in [6.07, 6.45) is 2.02. The molecule has 3 rings (SSSR count). The second-order valence-corrected chi connectivity index (χ2v) is 10.6. The van der Waals surface area contributed by atoms with Crippen LogP contribution in [0.5, 0.6) is 0 Å². The summed E-state index contributed by atoms with van der Waals surface area (Å²) < 4.78 is 32.2. The normalized spacial score (nSPS) is 11.4. The van der Waals surface area contributed by atoms with E-state index in [0.717, 1.165) is 16.0 Å². The van der Waals surface area contributed by atoms with Crippen LogP contribution in [0.3, 0.4) is 0 Å². The molecule has 0 aliphatic carbocycles. The van der Waals surface area contributed by atoms with E-state index in [1.54, 1.807) is 36.0 Å². The largest absolute Gasteiger partial charge is 0.383 e. The smallest absolute Gasteiger partial charge is 0.251 e. The lowest BCUT2D eigenvalue weighted by Crippen LogP contribution is -2.26. The fourth-order valence-electron chi connectivity index (χ4n) is 2.78. The summed E-state index contributed by atoms with van der Waals surface area (Å²) in [5.41, 5.74) is 2.44. The summed E-state index contributed by atoms with van der Waals surface area (Å²) in [7, 11) is -2.04. The predicted molar refractivity (Wildman–Crippen MR) is 126 cm³/mol. The van der Waals surface area contributed by atoms with Gasteiger partial charge in [-0.05, 0) is 53.8 Å². The first-order chi connectivity index (χ1) is 14.9. The Morgan fingerprint density at radius 1 is 1.03 bits per heavy atom. The van der Waals surface area contributed by atoms with Crippen molar-refractivity contribution in [2.45, 2.75) is 15.6 Å². The minimum absolute atomic E-state index is 0.155. The summed E-state index contributed by atoms with van der Waals surface area (Å²) >= 11 is 2.86. The van der Waals surface area contributed by atoms with Gasteiger partial charge in [0.1, 0.15) is 4.21 Å². The van der Waals surface area contributed by atoms with Crippen LogP contribution in [-0.4, -0.2) is 40.8 Å². The number of ether oxygens (including phenoxy) is 1. The number of benzene rings is 2. The molecule has 31 heavy (non-hydrogen) atoms. The van der Waals surface area contributed by atoms with Gasteiger partial charge in [0.05, 0.1) is 6.61 Å². The molecule has 164 valence electrons. The monoisotopic (exact) mass is 476 g/mol. The molecule has 9 heteroatoms. The zero-order valence-corrected chi connectivity index (χ0v) is 19.7. The quantitative estimate of drug-likeness (QED) is 0.341. The second kappa shape index (κ2) is 10.9. The van der Waals surface area contributed by atoms with Crippen LogP contribution in [0.1, 0.15) is 15.9 Å². The van der Waals surface area contributed by atoms with E-state index in [0.29, 0.717) is 18.7 Å². The number of amides is 1. The maximum atomic E-state index is 12.4. The molecule has 1 heterocycles. The van der Waals surface area contributed by atoms with Crippen LogP contribution in [-0.2, 0) is 21.3 Å². The average molecular weight is 477 g/mol. The predicted octanol–water partition coefficient (Wildman–Crippen LogP) is 3.99. The average Bonchev–Trinajstić information content (AvgIpc) is 3.29. The molecule has 6 nitrogen and oxygen atoms in total. The lowest BCUT2D eigenvalue weighted by molar-refractivity contribution is 0.0951. The Morgan fingerprint density at radius 2 is 1.74 bits per heavy atom. The molecule has 1 amide bonds. The first-order valence-electron chi connectivity index (χ1n) is 9.53. The molecule has 0 unspecified atom stereocenters. The van der Waals surface area contributed by atoms with Crippen LogP contribution < -0.4 is 10.0 Å². The second-order valence-electron chi connectivity index (χ2n) is 6.62. The van der Waals surface area contributed by atoms with Crippen LogP contribution in [0, 0.1) is 0 Å². The van der Waals surface area contributed by atoms with Crippen LogP contribution in [0.4, 0.5) is 0 Å². The summed E-state index contributed by atoms with van der Waals surface area (Å²) in [5, 5.41) is 2.92. The minimum Gasteiger partial charge on any atom is -0.383 e. The molecule has 0 spiro atoms. The lowest BCUT2D eigenvalue weighted by Gasteiger charge is -2.07. The van der Waals surface area contributed by atoms with Crippen molar-refractivity contribution >= 4 is 39.0 Å². The van der Waals surface area contributed by atoms with E-state index in [4.69, 9.17) is 4.74 Å². The number of hydrogen-bond donors (Lipinski definition) is 2. The molecular weight excluding hydrogens is 452 g/mol. The molecule has 2 N–H and O–H groups in total. The molecule has 0 bridgehead atoms. The summed E-state index contributed by atoms with van der Waals surface area (Å²) in [5.74, 6) is -0.155. The van der Waals surface area contributed by atoms with Crippen molar-refractivity contribution in [3.63, 3.8) is 0 Å². The Hall–Kier alpha value is -2.17. The molecule has 1 aromatic heterocycles. The number of carbonyl (C=O) groups excluding carboxylic acids is 1. The molecule has 0 fully saturated rings. The molecule has 0 aliphatic heterocycles. The van der Waals surface area contributed by atoms with Crippen molar-refractivity contribution in [1.29, 1.82) is 0 Å². The Labute approximate surface area is 191 Å². The van der Waals surface area contributed by atoms with Crippen molar-refractivity contribution in [3.05, 3.63) is 71.8 Å². The van der Waals surface area contributed by atoms with Crippen molar-refractivity contribution < 1.29 is 17.9 Å². The zero-order valence-electron chi connectivity index (χ0n) is 17.3. The van der Waals surface area contributed by atoms with Gasteiger partial charge < -0.3 is 10.1 Å². The van der Waals surface area contributed by atoms with Gasteiger partial charge in [-0.3, -0.25) is 4.79 Å². The highest BCUT2D eigenvalue weighted by molar-refractivity contribution is 7.98. The van der Waals surface area contributed by atoms with Crippen molar-refractivity contribution in [2.24, 2.45) is 0 Å². The number of carbonyl (C=O) groups is 1. The standard InChI is InChI=1S/C22H24N2O4S3/c1-28-14-13-24-31(26,27)21-12-11-20(30-21)17-5-7-18(8-6-17)22(25)23-15-16-3-9-19(29-2)10-4-16/h3-12,24H,13-15H2,1-2H3,(H,23,25). The first kappa shape index (κ1) is 23.5. The van der Waals surface area contributed by atoms with E-state index >= 15 is 0 Å². The third kappa shape index (κ3) is 6.41. The number of sulfonamides is 1. The fraction of sp³-hybridized carbons (Fsp3) is 0.227. The minimum atomic E-state index is -3.56. The Balaban J connectivity index is 1.62. The van der Waals surface area contributed by atoms with Crippen LogP contribution in [0.15, 0.2) is 69.8 Å². The number of thioether (sulfide) groups is 1. The number of hydrogen-bond acceptors (Lipinski definition) is 6. The molecule has 0 saturated heterocycles. The van der Waals surface area contributed by atoms with E-state index in [9.17, 15) is 13.2 Å². The van der Waals surface area contributed by atoms with E-state index in [-0.39, 0.29) is 16.7 Å². The van der Waals surface area contributed by atoms with Gasteiger partial charge in [0, 0.05) is 35.5 Å². The topological polar surface area (TPSA) is 84.5 Å². The number of rotatable bonds is 10. The van der Waals surface area contributed by atoms with E-state index in [2.05, 4.69) is 10.0 Å². The zero-order chi connectivity index (χ0) is 22.3.